The molecule has 0 aromatic carbocycles. The van der Waals surface area contributed by atoms with Crippen LogP contribution < -0.4 is 5.32 Å². The maximum atomic E-state index is 9.68. The number of hydrogen-bond donors (Lipinski definition) is 3. The van der Waals surface area contributed by atoms with Gasteiger partial charge in [0.1, 0.15) is 0 Å². The van der Waals surface area contributed by atoms with Crippen LogP contribution in [0.5, 0.6) is 0 Å². The minimum atomic E-state index is -0.132. The van der Waals surface area contributed by atoms with Crippen molar-refractivity contribution in [1.82, 2.24) is 15.5 Å². The molecule has 0 aliphatic heterocycles. The van der Waals surface area contributed by atoms with Crippen LogP contribution in [0.15, 0.2) is 23.7 Å². The highest BCUT2D eigenvalue weighted by molar-refractivity contribution is 7.13. The summed E-state index contributed by atoms with van der Waals surface area (Å²) in [6.45, 7) is 0.807. The van der Waals surface area contributed by atoms with Gasteiger partial charge >= 0.3 is 0 Å². The number of aromatic amines is 1. The molecule has 0 radical (unpaired) electrons. The molecule has 0 amide bonds. The first kappa shape index (κ1) is 12.8. The highest BCUT2D eigenvalue weighted by Gasteiger charge is 2.20. The molecule has 4 nitrogen and oxygen atoms in total. The van der Waals surface area contributed by atoms with Gasteiger partial charge in [-0.1, -0.05) is 6.07 Å². The number of nitrogens with one attached hydrogen (secondary N) is 2. The van der Waals surface area contributed by atoms with Crippen molar-refractivity contribution in [3.05, 3.63) is 29.3 Å². The first-order valence-corrected chi connectivity index (χ1v) is 7.68. The lowest BCUT2D eigenvalue weighted by Crippen LogP contribution is -2.35. The van der Waals surface area contributed by atoms with Crippen molar-refractivity contribution in [3.63, 3.8) is 0 Å². The topological polar surface area (TPSA) is 60.9 Å². The number of nitrogens with zero attached hydrogens (tertiary/aromatic N) is 1. The smallest absolute Gasteiger partial charge is 0.0794 e. The Morgan fingerprint density at radius 1 is 1.47 bits per heavy atom. The molecule has 1 fully saturated rings. The van der Waals surface area contributed by atoms with E-state index in [4.69, 9.17) is 0 Å². The average Bonchev–Trinajstić information content (AvgIpc) is 3.07. The van der Waals surface area contributed by atoms with Crippen molar-refractivity contribution < 1.29 is 5.11 Å². The standard InChI is InChI=1S/C14H19N3OS/c18-12-4-1-3-11(7-12)15-8-10-9-16-17-14(10)13-5-2-6-19-13/h2,5-6,9,11-12,15,18H,1,3-4,7-8H2,(H,16,17). The molecule has 0 spiro atoms. The van der Waals surface area contributed by atoms with Crippen LogP contribution in [0, 0.1) is 0 Å². The number of aliphatic hydroxyl groups is 1. The van der Waals surface area contributed by atoms with Gasteiger partial charge in [0.2, 0.25) is 0 Å². The summed E-state index contributed by atoms with van der Waals surface area (Å²) in [5.74, 6) is 0. The average molecular weight is 277 g/mol. The van der Waals surface area contributed by atoms with Gasteiger partial charge in [0.25, 0.3) is 0 Å². The molecule has 2 heterocycles. The Kier molecular flexibility index (Phi) is 3.96. The second-order valence-corrected chi connectivity index (χ2v) is 6.09. The zero-order chi connectivity index (χ0) is 13.1. The van der Waals surface area contributed by atoms with Gasteiger partial charge in [0.15, 0.2) is 0 Å². The number of thiophene rings is 1. The molecule has 0 bridgehead atoms. The largest absolute Gasteiger partial charge is 0.393 e. The Bertz CT molecular complexity index is 509. The molecule has 2 atom stereocenters. The van der Waals surface area contributed by atoms with Gasteiger partial charge in [-0.3, -0.25) is 5.10 Å². The van der Waals surface area contributed by atoms with E-state index in [-0.39, 0.29) is 6.10 Å². The first-order valence-electron chi connectivity index (χ1n) is 6.80. The second kappa shape index (κ2) is 5.86. The maximum Gasteiger partial charge on any atom is 0.0794 e. The number of rotatable bonds is 4. The molecule has 2 unspecified atom stereocenters. The third kappa shape index (κ3) is 3.05. The second-order valence-electron chi connectivity index (χ2n) is 5.15. The van der Waals surface area contributed by atoms with Crippen molar-refractivity contribution in [2.75, 3.05) is 0 Å². The van der Waals surface area contributed by atoms with Gasteiger partial charge < -0.3 is 10.4 Å². The summed E-state index contributed by atoms with van der Waals surface area (Å²) in [5.41, 5.74) is 2.31. The van der Waals surface area contributed by atoms with Crippen molar-refractivity contribution in [2.24, 2.45) is 0 Å². The molecule has 2 aromatic heterocycles. The molecule has 102 valence electrons. The van der Waals surface area contributed by atoms with Crippen LogP contribution in [0.4, 0.5) is 0 Å². The molecule has 0 saturated heterocycles. The van der Waals surface area contributed by atoms with Crippen LogP contribution in [0.3, 0.4) is 0 Å². The molecule has 1 aliphatic carbocycles. The predicted octanol–water partition coefficient (Wildman–Crippen LogP) is 2.53. The fourth-order valence-electron chi connectivity index (χ4n) is 2.68. The highest BCUT2D eigenvalue weighted by Crippen LogP contribution is 2.26. The summed E-state index contributed by atoms with van der Waals surface area (Å²) >= 11 is 1.72. The van der Waals surface area contributed by atoms with Gasteiger partial charge in [-0.2, -0.15) is 5.10 Å². The van der Waals surface area contributed by atoms with Crippen LogP contribution in [0.1, 0.15) is 31.2 Å². The van der Waals surface area contributed by atoms with Crippen LogP contribution in [-0.4, -0.2) is 27.4 Å². The van der Waals surface area contributed by atoms with Crippen LogP contribution in [0.2, 0.25) is 0 Å². The third-order valence-electron chi connectivity index (χ3n) is 3.71. The van der Waals surface area contributed by atoms with Gasteiger partial charge in [-0.05, 0) is 37.1 Å². The molecule has 5 heteroatoms. The quantitative estimate of drug-likeness (QED) is 0.805. The van der Waals surface area contributed by atoms with E-state index in [9.17, 15) is 5.11 Å². The fraction of sp³-hybridized carbons (Fsp3) is 0.500. The monoisotopic (exact) mass is 277 g/mol. The van der Waals surface area contributed by atoms with Gasteiger partial charge in [-0.15, -0.1) is 11.3 Å². The lowest BCUT2D eigenvalue weighted by Gasteiger charge is -2.26. The van der Waals surface area contributed by atoms with Crippen molar-refractivity contribution in [1.29, 1.82) is 0 Å². The molecule has 3 N–H and O–H groups in total. The molecule has 1 saturated carbocycles. The Morgan fingerprint density at radius 3 is 3.21 bits per heavy atom. The molecular weight excluding hydrogens is 258 g/mol. The van der Waals surface area contributed by atoms with Crippen molar-refractivity contribution >= 4 is 11.3 Å². The van der Waals surface area contributed by atoms with Crippen LogP contribution in [-0.2, 0) is 6.54 Å². The zero-order valence-corrected chi connectivity index (χ0v) is 11.6. The minimum Gasteiger partial charge on any atom is -0.393 e. The normalized spacial score (nSPS) is 23.6. The molecule has 2 aromatic rings. The van der Waals surface area contributed by atoms with Gasteiger partial charge in [0.05, 0.1) is 22.9 Å². The Balaban J connectivity index is 1.63. The SMILES string of the molecule is OC1CCCC(NCc2cn[nH]c2-c2cccs2)C1. The number of hydrogen-bond acceptors (Lipinski definition) is 4. The van der Waals surface area contributed by atoms with Crippen LogP contribution >= 0.6 is 11.3 Å². The van der Waals surface area contributed by atoms with E-state index in [1.165, 1.54) is 10.4 Å². The van der Waals surface area contributed by atoms with E-state index in [1.54, 1.807) is 11.3 Å². The number of H-pyrrole nitrogens is 1. The van der Waals surface area contributed by atoms with E-state index in [0.717, 1.165) is 37.9 Å². The zero-order valence-electron chi connectivity index (χ0n) is 10.8. The van der Waals surface area contributed by atoms with Gasteiger partial charge in [-0.25, -0.2) is 0 Å². The minimum absolute atomic E-state index is 0.132. The Morgan fingerprint density at radius 2 is 2.42 bits per heavy atom. The molecule has 19 heavy (non-hydrogen) atoms. The van der Waals surface area contributed by atoms with E-state index < -0.39 is 0 Å². The summed E-state index contributed by atoms with van der Waals surface area (Å²) in [7, 11) is 0. The summed E-state index contributed by atoms with van der Waals surface area (Å²) in [4.78, 5) is 1.22. The fourth-order valence-corrected chi connectivity index (χ4v) is 3.44. The Labute approximate surface area is 116 Å². The van der Waals surface area contributed by atoms with E-state index in [0.29, 0.717) is 6.04 Å². The summed E-state index contributed by atoms with van der Waals surface area (Å²) in [5, 5.41) is 22.5. The summed E-state index contributed by atoms with van der Waals surface area (Å²) < 4.78 is 0. The van der Waals surface area contributed by atoms with Crippen LogP contribution in [0.25, 0.3) is 10.6 Å². The maximum absolute atomic E-state index is 9.68. The predicted molar refractivity (Wildman–Crippen MR) is 77.0 cm³/mol. The van der Waals surface area contributed by atoms with E-state index in [1.807, 2.05) is 6.20 Å². The third-order valence-corrected chi connectivity index (χ3v) is 4.60. The van der Waals surface area contributed by atoms with Gasteiger partial charge in [0, 0.05) is 18.2 Å². The molecule has 1 aliphatic rings. The lowest BCUT2D eigenvalue weighted by molar-refractivity contribution is 0.111. The first-order chi connectivity index (χ1) is 9.33. The molecule has 3 rings (SSSR count). The Hall–Kier alpha value is -1.17. The van der Waals surface area contributed by atoms with E-state index in [2.05, 4.69) is 33.0 Å². The lowest BCUT2D eigenvalue weighted by atomic mass is 9.93. The van der Waals surface area contributed by atoms with Crippen molar-refractivity contribution in [2.45, 2.75) is 44.4 Å². The van der Waals surface area contributed by atoms with Crippen molar-refractivity contribution in [3.8, 4) is 10.6 Å². The highest BCUT2D eigenvalue weighted by atomic mass is 32.1. The summed E-state index contributed by atoms with van der Waals surface area (Å²) in [6.07, 6.45) is 5.84. The summed E-state index contributed by atoms with van der Waals surface area (Å²) in [6, 6.07) is 4.58. The van der Waals surface area contributed by atoms with E-state index >= 15 is 0 Å². The molecular formula is C14H19N3OS. The number of aromatic nitrogens is 2. The number of aliphatic hydroxyl groups excluding tert-OH is 1.